The third-order valence-corrected chi connectivity index (χ3v) is 2.44. The molecule has 1 heterocycles. The molecule has 0 saturated carbocycles. The second-order valence-corrected chi connectivity index (χ2v) is 3.47. The maximum atomic E-state index is 10.7. The van der Waals surface area contributed by atoms with E-state index in [9.17, 15) is 4.79 Å². The van der Waals surface area contributed by atoms with Crippen LogP contribution in [0.2, 0.25) is 0 Å². The van der Waals surface area contributed by atoms with Crippen LogP contribution < -0.4 is 0 Å². The van der Waals surface area contributed by atoms with E-state index in [2.05, 4.69) is 17.6 Å². The van der Waals surface area contributed by atoms with Gasteiger partial charge in [-0.2, -0.15) is 12.6 Å². The van der Waals surface area contributed by atoms with Crippen LogP contribution in [0.25, 0.3) is 0 Å². The highest BCUT2D eigenvalue weighted by Crippen LogP contribution is 2.10. The van der Waals surface area contributed by atoms with Crippen molar-refractivity contribution in [3.8, 4) is 0 Å². The van der Waals surface area contributed by atoms with Crippen LogP contribution >= 0.6 is 12.6 Å². The highest BCUT2D eigenvalue weighted by molar-refractivity contribution is 7.80. The maximum Gasteiger partial charge on any atom is 0.329 e. The number of rotatable bonds is 3. The predicted octanol–water partition coefficient (Wildman–Crippen LogP) is 0.494. The lowest BCUT2D eigenvalue weighted by Gasteiger charge is -2.13. The molecule has 0 radical (unpaired) electrons. The average molecular weight is 202 g/mol. The summed E-state index contributed by atoms with van der Waals surface area (Å²) in [5.41, 5.74) is 0. The molecule has 4 nitrogen and oxygen atoms in total. The van der Waals surface area contributed by atoms with Gasteiger partial charge in [0.05, 0.1) is 5.84 Å². The van der Waals surface area contributed by atoms with Gasteiger partial charge in [-0.3, -0.25) is 4.99 Å². The number of nitrogens with zero attached hydrogens (tertiary/aromatic N) is 2. The molecule has 0 bridgehead atoms. The van der Waals surface area contributed by atoms with E-state index in [-0.39, 0.29) is 5.75 Å². The third kappa shape index (κ3) is 2.62. The Kier molecular flexibility index (Phi) is 3.59. The molecule has 0 spiro atoms. The number of carbonyl (C=O) groups is 1. The molecule has 1 saturated heterocycles. The molecule has 1 aliphatic rings. The molecule has 0 aromatic carbocycles. The smallest absolute Gasteiger partial charge is 0.329 e. The fourth-order valence-corrected chi connectivity index (χ4v) is 1.55. The Balaban J connectivity index is 2.66. The number of aliphatic imine (C=N–C) groups is 1. The maximum absolute atomic E-state index is 10.7. The van der Waals surface area contributed by atoms with Crippen molar-refractivity contribution in [1.82, 2.24) is 4.90 Å². The molecule has 0 aromatic heterocycles. The van der Waals surface area contributed by atoms with Crippen LogP contribution in [0.3, 0.4) is 0 Å². The molecule has 5 heteroatoms. The molecule has 13 heavy (non-hydrogen) atoms. The van der Waals surface area contributed by atoms with E-state index in [1.165, 1.54) is 0 Å². The van der Waals surface area contributed by atoms with Crippen molar-refractivity contribution in [2.24, 2.45) is 4.99 Å². The van der Waals surface area contributed by atoms with Crippen LogP contribution in [-0.2, 0) is 4.79 Å². The van der Waals surface area contributed by atoms with Crippen LogP contribution in [0.4, 0.5) is 0 Å². The molecular formula is C8H14N2O2S. The molecule has 0 amide bonds. The van der Waals surface area contributed by atoms with Crippen molar-refractivity contribution in [3.63, 3.8) is 0 Å². The summed E-state index contributed by atoms with van der Waals surface area (Å²) < 4.78 is 0. The van der Waals surface area contributed by atoms with Crippen LogP contribution in [0, 0.1) is 0 Å². The van der Waals surface area contributed by atoms with Gasteiger partial charge >= 0.3 is 5.97 Å². The first kappa shape index (κ1) is 10.4. The van der Waals surface area contributed by atoms with Crippen molar-refractivity contribution in [1.29, 1.82) is 0 Å². The minimum atomic E-state index is -0.900. The van der Waals surface area contributed by atoms with Gasteiger partial charge in [-0.25, -0.2) is 4.79 Å². The topological polar surface area (TPSA) is 52.9 Å². The predicted molar refractivity (Wildman–Crippen MR) is 54.6 cm³/mol. The lowest BCUT2D eigenvalue weighted by molar-refractivity contribution is -0.137. The van der Waals surface area contributed by atoms with Crippen molar-refractivity contribution >= 4 is 24.4 Å². The number of carboxylic acid groups (broad SMARTS) is 1. The molecule has 0 aromatic rings. The summed E-state index contributed by atoms with van der Waals surface area (Å²) in [5.74, 6) is 0.247. The molecule has 1 N–H and O–H groups in total. The van der Waals surface area contributed by atoms with Gasteiger partial charge in [0.25, 0.3) is 0 Å². The summed E-state index contributed by atoms with van der Waals surface area (Å²) >= 11 is 3.95. The van der Waals surface area contributed by atoms with E-state index in [1.54, 1.807) is 0 Å². The van der Waals surface area contributed by atoms with Crippen molar-refractivity contribution in [2.75, 3.05) is 19.3 Å². The van der Waals surface area contributed by atoms with Gasteiger partial charge in [0, 0.05) is 25.8 Å². The monoisotopic (exact) mass is 202 g/mol. The largest absolute Gasteiger partial charge is 0.480 e. The lowest BCUT2D eigenvalue weighted by atomic mass is 10.3. The first-order valence-corrected chi connectivity index (χ1v) is 4.90. The van der Waals surface area contributed by atoms with E-state index in [1.807, 2.05) is 11.9 Å². The number of hydrogen-bond donors (Lipinski definition) is 2. The van der Waals surface area contributed by atoms with Gasteiger partial charge < -0.3 is 10.0 Å². The van der Waals surface area contributed by atoms with E-state index in [0.29, 0.717) is 0 Å². The van der Waals surface area contributed by atoms with Crippen molar-refractivity contribution in [3.05, 3.63) is 0 Å². The van der Waals surface area contributed by atoms with Crippen LogP contribution in [0.5, 0.6) is 0 Å². The number of aliphatic carboxylic acids is 1. The Hall–Kier alpha value is -0.710. The lowest BCUT2D eigenvalue weighted by Crippen LogP contribution is -2.26. The molecule has 0 unspecified atom stereocenters. The van der Waals surface area contributed by atoms with Gasteiger partial charge in [-0.1, -0.05) is 0 Å². The molecule has 1 rings (SSSR count). The summed E-state index contributed by atoms with van der Waals surface area (Å²) in [5, 5.41) is 8.75. The average Bonchev–Trinajstić information content (AvgIpc) is 2.46. The molecule has 1 atom stereocenters. The summed E-state index contributed by atoms with van der Waals surface area (Å²) in [6.45, 7) is 0.970. The van der Waals surface area contributed by atoms with E-state index >= 15 is 0 Å². The Bertz CT molecular complexity index is 230. The highest BCUT2D eigenvalue weighted by Gasteiger charge is 2.19. The van der Waals surface area contributed by atoms with Gasteiger partial charge in [-0.05, 0) is 6.42 Å². The van der Waals surface area contributed by atoms with Crippen LogP contribution in [0.15, 0.2) is 4.99 Å². The fourth-order valence-electron chi connectivity index (χ4n) is 1.31. The van der Waals surface area contributed by atoms with Gasteiger partial charge in [0.15, 0.2) is 6.04 Å². The fraction of sp³-hybridized carbons (Fsp3) is 0.750. The molecule has 1 fully saturated rings. The quantitative estimate of drug-likeness (QED) is 0.655. The standard InChI is InChI=1S/C8H14N2O2S/c1-10-4-2-3-7(10)9-6(5-13)8(11)12/h6,13H,2-5H2,1H3,(H,11,12)/t6-/m1/s1. The van der Waals surface area contributed by atoms with Crippen molar-refractivity contribution in [2.45, 2.75) is 18.9 Å². The highest BCUT2D eigenvalue weighted by atomic mass is 32.1. The van der Waals surface area contributed by atoms with E-state index < -0.39 is 12.0 Å². The normalized spacial score (nSPS) is 22.3. The number of likely N-dealkylation sites (tertiary alicyclic amines) is 1. The van der Waals surface area contributed by atoms with Crippen molar-refractivity contribution < 1.29 is 9.90 Å². The van der Waals surface area contributed by atoms with Crippen LogP contribution in [-0.4, -0.2) is 47.2 Å². The number of hydrogen-bond acceptors (Lipinski definition) is 3. The summed E-state index contributed by atoms with van der Waals surface area (Å²) in [4.78, 5) is 16.8. The minimum absolute atomic E-state index is 0.257. The SMILES string of the molecule is CN1CCCC1=N[C@H](CS)C(=O)O. The van der Waals surface area contributed by atoms with Crippen LogP contribution in [0.1, 0.15) is 12.8 Å². The summed E-state index contributed by atoms with van der Waals surface area (Å²) in [6, 6.07) is -0.695. The molecule has 0 aliphatic carbocycles. The Morgan fingerprint density at radius 3 is 2.92 bits per heavy atom. The summed E-state index contributed by atoms with van der Waals surface area (Å²) in [7, 11) is 1.93. The Morgan fingerprint density at radius 1 is 1.85 bits per heavy atom. The van der Waals surface area contributed by atoms with Gasteiger partial charge in [-0.15, -0.1) is 0 Å². The number of amidine groups is 1. The van der Waals surface area contributed by atoms with E-state index in [0.717, 1.165) is 25.2 Å². The first-order chi connectivity index (χ1) is 6.15. The Morgan fingerprint density at radius 2 is 2.54 bits per heavy atom. The molecule has 1 aliphatic heterocycles. The zero-order valence-corrected chi connectivity index (χ0v) is 8.50. The zero-order chi connectivity index (χ0) is 9.84. The first-order valence-electron chi connectivity index (χ1n) is 4.26. The summed E-state index contributed by atoms with van der Waals surface area (Å²) in [6.07, 6.45) is 1.95. The Labute approximate surface area is 83.1 Å². The zero-order valence-electron chi connectivity index (χ0n) is 7.60. The number of carboxylic acids is 1. The second-order valence-electron chi connectivity index (χ2n) is 3.11. The molecule has 74 valence electrons. The minimum Gasteiger partial charge on any atom is -0.480 e. The third-order valence-electron chi connectivity index (χ3n) is 2.10. The van der Waals surface area contributed by atoms with E-state index in [4.69, 9.17) is 5.11 Å². The van der Waals surface area contributed by atoms with Gasteiger partial charge in [0.2, 0.25) is 0 Å². The number of thiol groups is 1. The second kappa shape index (κ2) is 4.50. The van der Waals surface area contributed by atoms with Gasteiger partial charge in [0.1, 0.15) is 0 Å². The molecular weight excluding hydrogens is 188 g/mol.